The summed E-state index contributed by atoms with van der Waals surface area (Å²) in [6.07, 6.45) is 1.38. The van der Waals surface area contributed by atoms with Gasteiger partial charge < -0.3 is 10.2 Å². The number of carbonyl (C=O) groups is 2. The maximum absolute atomic E-state index is 13.4. The quantitative estimate of drug-likeness (QED) is 0.500. The smallest absolute Gasteiger partial charge is 0.243 e. The molecule has 0 aliphatic rings. The Labute approximate surface area is 189 Å². The first-order chi connectivity index (χ1) is 15.4. The van der Waals surface area contributed by atoms with Crippen molar-refractivity contribution in [3.63, 3.8) is 0 Å². The predicted molar refractivity (Wildman–Crippen MR) is 127 cm³/mol. The largest absolute Gasteiger partial charge is 0.352 e. The van der Waals surface area contributed by atoms with E-state index in [1.54, 1.807) is 17.0 Å². The van der Waals surface area contributed by atoms with Crippen LogP contribution in [0.5, 0.6) is 0 Å². The maximum atomic E-state index is 13.4. The number of benzene rings is 3. The van der Waals surface area contributed by atoms with Crippen LogP contribution in [0.3, 0.4) is 0 Å². The van der Waals surface area contributed by atoms with Crippen LogP contribution in [-0.2, 0) is 22.6 Å². The number of nitrogens with zero attached hydrogens (tertiary/aromatic N) is 1. The molecule has 0 bridgehead atoms. The van der Waals surface area contributed by atoms with Gasteiger partial charge in [-0.15, -0.1) is 0 Å². The van der Waals surface area contributed by atoms with Gasteiger partial charge in [-0.3, -0.25) is 9.59 Å². The molecule has 4 nitrogen and oxygen atoms in total. The van der Waals surface area contributed by atoms with E-state index in [4.69, 9.17) is 0 Å². The number of halogens is 1. The van der Waals surface area contributed by atoms with E-state index < -0.39 is 6.04 Å². The van der Waals surface area contributed by atoms with Gasteiger partial charge in [0.05, 0.1) is 0 Å². The minimum atomic E-state index is -0.581. The summed E-state index contributed by atoms with van der Waals surface area (Å²) in [5.41, 5.74) is 1.90. The molecule has 168 valence electrons. The van der Waals surface area contributed by atoms with E-state index in [0.29, 0.717) is 19.3 Å². The second-order valence-electron chi connectivity index (χ2n) is 8.37. The van der Waals surface area contributed by atoms with E-state index in [1.807, 2.05) is 45.0 Å². The Morgan fingerprint density at radius 1 is 0.969 bits per heavy atom. The summed E-state index contributed by atoms with van der Waals surface area (Å²) in [6.45, 7) is 5.97. The molecule has 0 aliphatic heterocycles. The molecular weight excluding hydrogens is 403 g/mol. The van der Waals surface area contributed by atoms with Crippen LogP contribution in [0.1, 0.15) is 44.7 Å². The van der Waals surface area contributed by atoms with Crippen LogP contribution in [0.15, 0.2) is 66.7 Å². The van der Waals surface area contributed by atoms with Crippen LogP contribution in [0.4, 0.5) is 4.39 Å². The van der Waals surface area contributed by atoms with Gasteiger partial charge in [0.25, 0.3) is 0 Å². The zero-order valence-corrected chi connectivity index (χ0v) is 19.0. The van der Waals surface area contributed by atoms with Crippen LogP contribution < -0.4 is 5.32 Å². The Balaban J connectivity index is 1.82. The molecule has 0 saturated heterocycles. The Morgan fingerprint density at radius 2 is 1.66 bits per heavy atom. The molecular formula is C27H31FN2O2. The fraction of sp³-hybridized carbons (Fsp3) is 0.333. The minimum absolute atomic E-state index is 0.0185. The Hall–Kier alpha value is -3.21. The van der Waals surface area contributed by atoms with E-state index in [-0.39, 0.29) is 30.2 Å². The Kier molecular flexibility index (Phi) is 7.98. The van der Waals surface area contributed by atoms with E-state index in [9.17, 15) is 14.0 Å². The molecule has 32 heavy (non-hydrogen) atoms. The van der Waals surface area contributed by atoms with Gasteiger partial charge in [-0.1, -0.05) is 61.5 Å². The fourth-order valence-corrected chi connectivity index (χ4v) is 3.98. The average molecular weight is 435 g/mol. The van der Waals surface area contributed by atoms with Crippen molar-refractivity contribution in [3.05, 3.63) is 83.7 Å². The van der Waals surface area contributed by atoms with Gasteiger partial charge in [0, 0.05) is 19.0 Å². The third-order valence-electron chi connectivity index (χ3n) is 5.57. The lowest BCUT2D eigenvalue weighted by Gasteiger charge is -2.31. The van der Waals surface area contributed by atoms with Crippen molar-refractivity contribution in [2.45, 2.75) is 58.7 Å². The molecule has 0 saturated carbocycles. The summed E-state index contributed by atoms with van der Waals surface area (Å²) >= 11 is 0. The first-order valence-electron chi connectivity index (χ1n) is 11.2. The lowest BCUT2D eigenvalue weighted by atomic mass is 10.00. The first-order valence-corrected chi connectivity index (χ1v) is 11.2. The van der Waals surface area contributed by atoms with Crippen LogP contribution >= 0.6 is 0 Å². The molecule has 0 spiro atoms. The second kappa shape index (κ2) is 10.9. The SMILES string of the molecule is CC[C@@H](C(=O)NC(C)C)N(Cc1ccc(F)cc1)C(=O)CCc1cccc2ccccc12. The highest BCUT2D eigenvalue weighted by Crippen LogP contribution is 2.21. The molecule has 0 aromatic heterocycles. The highest BCUT2D eigenvalue weighted by molar-refractivity contribution is 5.89. The zero-order valence-electron chi connectivity index (χ0n) is 19.0. The lowest BCUT2D eigenvalue weighted by molar-refractivity contribution is -0.141. The van der Waals surface area contributed by atoms with Crippen molar-refractivity contribution in [2.24, 2.45) is 0 Å². The highest BCUT2D eigenvalue weighted by Gasteiger charge is 2.28. The number of amides is 2. The van der Waals surface area contributed by atoms with Crippen molar-refractivity contribution in [3.8, 4) is 0 Å². The molecule has 3 aromatic carbocycles. The van der Waals surface area contributed by atoms with Crippen molar-refractivity contribution >= 4 is 22.6 Å². The number of nitrogens with one attached hydrogen (secondary N) is 1. The van der Waals surface area contributed by atoms with Crippen LogP contribution in [0.25, 0.3) is 10.8 Å². The minimum Gasteiger partial charge on any atom is -0.352 e. The van der Waals surface area contributed by atoms with Crippen LogP contribution in [-0.4, -0.2) is 28.8 Å². The second-order valence-corrected chi connectivity index (χ2v) is 8.37. The number of fused-ring (bicyclic) bond motifs is 1. The average Bonchev–Trinajstić information content (AvgIpc) is 2.78. The Morgan fingerprint density at radius 3 is 2.34 bits per heavy atom. The maximum Gasteiger partial charge on any atom is 0.243 e. The standard InChI is InChI=1S/C27H31FN2O2/c1-4-25(27(32)29-19(2)3)30(18-20-12-15-23(28)16-13-20)26(31)17-14-22-10-7-9-21-8-5-6-11-24(21)22/h5-13,15-16,19,25H,4,14,17-18H2,1-3H3,(H,29,32)/t25-/m0/s1. The van der Waals surface area contributed by atoms with Crippen molar-refractivity contribution in [1.82, 2.24) is 10.2 Å². The van der Waals surface area contributed by atoms with E-state index in [0.717, 1.165) is 21.9 Å². The Bertz CT molecular complexity index is 1060. The molecule has 0 fully saturated rings. The van der Waals surface area contributed by atoms with Gasteiger partial charge in [0.15, 0.2) is 0 Å². The monoisotopic (exact) mass is 434 g/mol. The molecule has 0 radical (unpaired) electrons. The first kappa shape index (κ1) is 23.5. The number of aryl methyl sites for hydroxylation is 1. The third kappa shape index (κ3) is 5.94. The van der Waals surface area contributed by atoms with Crippen molar-refractivity contribution in [1.29, 1.82) is 0 Å². The predicted octanol–water partition coefficient (Wildman–Crippen LogP) is 5.24. The van der Waals surface area contributed by atoms with E-state index in [1.165, 1.54) is 12.1 Å². The summed E-state index contributed by atoms with van der Waals surface area (Å²) in [6, 6.07) is 19.7. The molecule has 3 rings (SSSR count). The van der Waals surface area contributed by atoms with Crippen molar-refractivity contribution in [2.75, 3.05) is 0 Å². The summed E-state index contributed by atoms with van der Waals surface area (Å²) in [4.78, 5) is 27.9. The highest BCUT2D eigenvalue weighted by atomic mass is 19.1. The number of rotatable bonds is 9. The zero-order chi connectivity index (χ0) is 23.1. The summed E-state index contributed by atoms with van der Waals surface area (Å²) in [5.74, 6) is -0.580. The van der Waals surface area contributed by atoms with E-state index in [2.05, 4.69) is 23.5 Å². The van der Waals surface area contributed by atoms with Crippen LogP contribution in [0, 0.1) is 5.82 Å². The molecule has 0 aliphatic carbocycles. The molecule has 0 heterocycles. The van der Waals surface area contributed by atoms with Gasteiger partial charge in [-0.25, -0.2) is 4.39 Å². The van der Waals surface area contributed by atoms with Gasteiger partial charge in [-0.05, 0) is 60.7 Å². The number of hydrogen-bond donors (Lipinski definition) is 1. The number of hydrogen-bond acceptors (Lipinski definition) is 2. The van der Waals surface area contributed by atoms with Crippen LogP contribution in [0.2, 0.25) is 0 Å². The molecule has 1 N–H and O–H groups in total. The van der Waals surface area contributed by atoms with Gasteiger partial charge in [-0.2, -0.15) is 0 Å². The van der Waals surface area contributed by atoms with Gasteiger partial charge >= 0.3 is 0 Å². The van der Waals surface area contributed by atoms with E-state index >= 15 is 0 Å². The normalized spacial score (nSPS) is 12.0. The summed E-state index contributed by atoms with van der Waals surface area (Å²) in [7, 11) is 0. The third-order valence-corrected chi connectivity index (χ3v) is 5.57. The molecule has 3 aromatic rings. The topological polar surface area (TPSA) is 49.4 Å². The lowest BCUT2D eigenvalue weighted by Crippen LogP contribution is -2.50. The summed E-state index contributed by atoms with van der Waals surface area (Å²) in [5, 5.41) is 5.21. The van der Waals surface area contributed by atoms with Gasteiger partial charge in [0.1, 0.15) is 11.9 Å². The molecule has 2 amide bonds. The number of carbonyl (C=O) groups excluding carboxylic acids is 2. The summed E-state index contributed by atoms with van der Waals surface area (Å²) < 4.78 is 13.4. The van der Waals surface area contributed by atoms with Crippen molar-refractivity contribution < 1.29 is 14.0 Å². The molecule has 0 unspecified atom stereocenters. The fourth-order valence-electron chi connectivity index (χ4n) is 3.98. The molecule has 1 atom stereocenters. The molecule has 5 heteroatoms. The van der Waals surface area contributed by atoms with Gasteiger partial charge in [0.2, 0.25) is 11.8 Å².